The molecule has 0 radical (unpaired) electrons. The van der Waals surface area contributed by atoms with Gasteiger partial charge in [0.2, 0.25) is 5.91 Å². The van der Waals surface area contributed by atoms with E-state index in [-0.39, 0.29) is 36.4 Å². The minimum atomic E-state index is 0. The minimum absolute atomic E-state index is 0. The van der Waals surface area contributed by atoms with Crippen molar-refractivity contribution in [3.63, 3.8) is 0 Å². The summed E-state index contributed by atoms with van der Waals surface area (Å²) >= 11 is 0. The first kappa shape index (κ1) is 23.5. The predicted molar refractivity (Wildman–Crippen MR) is 121 cm³/mol. The van der Waals surface area contributed by atoms with Crippen molar-refractivity contribution in [1.29, 1.82) is 0 Å². The molecule has 2 rings (SSSR count). The predicted octanol–water partition coefficient (Wildman–Crippen LogP) is 2.73. The smallest absolute Gasteiger partial charge is 0.244 e. The van der Waals surface area contributed by atoms with Gasteiger partial charge in [-0.3, -0.25) is 4.79 Å². The summed E-state index contributed by atoms with van der Waals surface area (Å²) in [5.41, 5.74) is 2.38. The van der Waals surface area contributed by atoms with E-state index in [0.29, 0.717) is 5.96 Å². The number of ether oxygens (including phenoxy) is 1. The molecule has 1 aromatic rings. The number of aliphatic imine (C=N–C) groups is 1. The lowest BCUT2D eigenvalue weighted by molar-refractivity contribution is -0.130. The second kappa shape index (κ2) is 12.8. The van der Waals surface area contributed by atoms with Gasteiger partial charge in [0.15, 0.2) is 5.96 Å². The standard InChI is InChI=1S/C20H32N4O2.HI/c1-4-21-20(23-15-19(25)24-12-6-5-7-13-24)22-11-10-17-14-16(2)8-9-18(17)26-3;/h8-9,14H,4-7,10-13,15H2,1-3H3,(H2,21,22,23);1H. The lowest BCUT2D eigenvalue weighted by atomic mass is 10.1. The van der Waals surface area contributed by atoms with Gasteiger partial charge in [0.25, 0.3) is 0 Å². The molecule has 0 aromatic heterocycles. The Morgan fingerprint density at radius 2 is 1.96 bits per heavy atom. The van der Waals surface area contributed by atoms with E-state index in [2.05, 4.69) is 28.6 Å². The molecule has 0 atom stereocenters. The van der Waals surface area contributed by atoms with Crippen molar-refractivity contribution in [2.45, 2.75) is 39.5 Å². The number of aryl methyl sites for hydroxylation is 1. The van der Waals surface area contributed by atoms with Gasteiger partial charge in [0, 0.05) is 26.2 Å². The van der Waals surface area contributed by atoms with Crippen molar-refractivity contribution in [2.75, 3.05) is 39.8 Å². The number of rotatable bonds is 7. The summed E-state index contributed by atoms with van der Waals surface area (Å²) in [4.78, 5) is 18.6. The third-order valence-electron chi connectivity index (χ3n) is 4.55. The first-order valence-corrected chi connectivity index (χ1v) is 9.57. The van der Waals surface area contributed by atoms with Crippen LogP contribution in [0, 0.1) is 6.92 Å². The zero-order chi connectivity index (χ0) is 18.8. The summed E-state index contributed by atoms with van der Waals surface area (Å²) in [5, 5.41) is 6.51. The molecule has 1 aliphatic heterocycles. The average Bonchev–Trinajstić information content (AvgIpc) is 2.66. The number of carbonyl (C=O) groups is 1. The first-order chi connectivity index (χ1) is 12.6. The Hall–Kier alpha value is -1.51. The van der Waals surface area contributed by atoms with E-state index < -0.39 is 0 Å². The minimum Gasteiger partial charge on any atom is -0.496 e. The van der Waals surface area contributed by atoms with Crippen LogP contribution in [0.4, 0.5) is 0 Å². The molecule has 1 amide bonds. The Morgan fingerprint density at radius 3 is 2.63 bits per heavy atom. The van der Waals surface area contributed by atoms with Crippen molar-refractivity contribution in [1.82, 2.24) is 15.5 Å². The first-order valence-electron chi connectivity index (χ1n) is 9.57. The summed E-state index contributed by atoms with van der Waals surface area (Å²) in [6, 6.07) is 6.19. The maximum Gasteiger partial charge on any atom is 0.244 e. The van der Waals surface area contributed by atoms with E-state index in [1.807, 2.05) is 24.0 Å². The molecule has 1 fully saturated rings. The highest BCUT2D eigenvalue weighted by Crippen LogP contribution is 2.19. The topological polar surface area (TPSA) is 66.0 Å². The fourth-order valence-electron chi connectivity index (χ4n) is 3.15. The van der Waals surface area contributed by atoms with Gasteiger partial charge in [-0.15, -0.1) is 24.0 Å². The molecule has 1 saturated heterocycles. The number of benzene rings is 1. The molecule has 1 aliphatic rings. The molecular formula is C20H33IN4O2. The second-order valence-electron chi connectivity index (χ2n) is 6.63. The maximum absolute atomic E-state index is 12.3. The highest BCUT2D eigenvalue weighted by molar-refractivity contribution is 14.0. The fraction of sp³-hybridized carbons (Fsp3) is 0.600. The van der Waals surface area contributed by atoms with E-state index in [1.165, 1.54) is 17.5 Å². The van der Waals surface area contributed by atoms with Crippen LogP contribution in [0.3, 0.4) is 0 Å². The molecule has 0 spiro atoms. The molecule has 7 heteroatoms. The number of hydrogen-bond donors (Lipinski definition) is 2. The van der Waals surface area contributed by atoms with Gasteiger partial charge in [0.1, 0.15) is 12.3 Å². The van der Waals surface area contributed by atoms with Crippen LogP contribution < -0.4 is 15.4 Å². The Morgan fingerprint density at radius 1 is 1.22 bits per heavy atom. The Labute approximate surface area is 180 Å². The molecule has 1 heterocycles. The quantitative estimate of drug-likeness (QED) is 0.352. The lowest BCUT2D eigenvalue weighted by Crippen LogP contribution is -2.41. The number of methoxy groups -OCH3 is 1. The number of nitrogens with one attached hydrogen (secondary N) is 2. The highest BCUT2D eigenvalue weighted by Gasteiger charge is 2.15. The van der Waals surface area contributed by atoms with Crippen LogP contribution in [0.2, 0.25) is 0 Å². The van der Waals surface area contributed by atoms with Gasteiger partial charge in [-0.05, 0) is 51.2 Å². The van der Waals surface area contributed by atoms with E-state index in [1.54, 1.807) is 7.11 Å². The lowest BCUT2D eigenvalue weighted by Gasteiger charge is -2.26. The van der Waals surface area contributed by atoms with E-state index in [9.17, 15) is 4.79 Å². The highest BCUT2D eigenvalue weighted by atomic mass is 127. The molecule has 1 aromatic carbocycles. The third kappa shape index (κ3) is 7.94. The summed E-state index contributed by atoms with van der Waals surface area (Å²) < 4.78 is 5.43. The van der Waals surface area contributed by atoms with Crippen molar-refractivity contribution >= 4 is 35.8 Å². The van der Waals surface area contributed by atoms with Crippen LogP contribution in [0.15, 0.2) is 23.2 Å². The van der Waals surface area contributed by atoms with Crippen molar-refractivity contribution in [3.8, 4) is 5.75 Å². The Balaban J connectivity index is 0.00000364. The number of guanidine groups is 1. The van der Waals surface area contributed by atoms with Crippen LogP contribution in [0.5, 0.6) is 5.75 Å². The normalized spacial score (nSPS) is 14.3. The molecule has 2 N–H and O–H groups in total. The monoisotopic (exact) mass is 488 g/mol. The number of piperidine rings is 1. The van der Waals surface area contributed by atoms with Crippen LogP contribution >= 0.6 is 24.0 Å². The van der Waals surface area contributed by atoms with Crippen molar-refractivity contribution in [2.24, 2.45) is 4.99 Å². The molecule has 0 unspecified atom stereocenters. The number of likely N-dealkylation sites (tertiary alicyclic amines) is 1. The zero-order valence-electron chi connectivity index (χ0n) is 16.7. The molecular weight excluding hydrogens is 455 g/mol. The number of hydrogen-bond acceptors (Lipinski definition) is 3. The van der Waals surface area contributed by atoms with Crippen LogP contribution in [0.1, 0.15) is 37.3 Å². The van der Waals surface area contributed by atoms with Crippen molar-refractivity contribution in [3.05, 3.63) is 29.3 Å². The van der Waals surface area contributed by atoms with Crippen LogP contribution in [-0.2, 0) is 11.2 Å². The summed E-state index contributed by atoms with van der Waals surface area (Å²) in [6.07, 6.45) is 4.26. The molecule has 6 nitrogen and oxygen atoms in total. The van der Waals surface area contributed by atoms with Gasteiger partial charge in [-0.25, -0.2) is 4.99 Å². The van der Waals surface area contributed by atoms with Gasteiger partial charge in [-0.2, -0.15) is 0 Å². The SMILES string of the molecule is CCNC(=NCC(=O)N1CCCCC1)NCCc1cc(C)ccc1OC.I. The number of nitrogens with zero attached hydrogens (tertiary/aromatic N) is 2. The Bertz CT molecular complexity index is 616. The summed E-state index contributed by atoms with van der Waals surface area (Å²) in [5.74, 6) is 1.70. The zero-order valence-corrected chi connectivity index (χ0v) is 19.0. The van der Waals surface area contributed by atoms with Gasteiger partial charge in [0.05, 0.1) is 7.11 Å². The number of halogens is 1. The van der Waals surface area contributed by atoms with Crippen molar-refractivity contribution < 1.29 is 9.53 Å². The van der Waals surface area contributed by atoms with E-state index in [0.717, 1.165) is 51.2 Å². The fourth-order valence-corrected chi connectivity index (χ4v) is 3.15. The van der Waals surface area contributed by atoms with E-state index in [4.69, 9.17) is 4.74 Å². The number of amides is 1. The molecule has 0 aliphatic carbocycles. The van der Waals surface area contributed by atoms with E-state index >= 15 is 0 Å². The molecule has 152 valence electrons. The largest absolute Gasteiger partial charge is 0.496 e. The number of carbonyl (C=O) groups excluding carboxylic acids is 1. The molecule has 0 saturated carbocycles. The second-order valence-corrected chi connectivity index (χ2v) is 6.63. The Kier molecular flexibility index (Phi) is 11.2. The van der Waals surface area contributed by atoms with Gasteiger partial charge >= 0.3 is 0 Å². The summed E-state index contributed by atoms with van der Waals surface area (Å²) in [7, 11) is 1.69. The van der Waals surface area contributed by atoms with Gasteiger partial charge in [-0.1, -0.05) is 17.7 Å². The van der Waals surface area contributed by atoms with Crippen LogP contribution in [0.25, 0.3) is 0 Å². The molecule has 0 bridgehead atoms. The summed E-state index contributed by atoms with van der Waals surface area (Å²) in [6.45, 7) is 7.52. The molecule has 27 heavy (non-hydrogen) atoms. The van der Waals surface area contributed by atoms with Crippen LogP contribution in [-0.4, -0.2) is 56.6 Å². The average molecular weight is 488 g/mol. The third-order valence-corrected chi connectivity index (χ3v) is 4.55. The van der Waals surface area contributed by atoms with Gasteiger partial charge < -0.3 is 20.3 Å². The maximum atomic E-state index is 12.3.